The number of anilines is 1. The summed E-state index contributed by atoms with van der Waals surface area (Å²) in [6, 6.07) is 8.45. The van der Waals surface area contributed by atoms with E-state index < -0.39 is 22.2 Å². The van der Waals surface area contributed by atoms with Gasteiger partial charge in [-0.25, -0.2) is 8.42 Å². The number of rotatable bonds is 7. The van der Waals surface area contributed by atoms with E-state index in [9.17, 15) is 18.3 Å². The van der Waals surface area contributed by atoms with Crippen LogP contribution < -0.4 is 9.64 Å². The number of hydrogen-bond acceptors (Lipinski definition) is 8. The van der Waals surface area contributed by atoms with Gasteiger partial charge >= 0.3 is 0 Å². The second kappa shape index (κ2) is 13.9. The zero-order valence-corrected chi connectivity index (χ0v) is 25.5. The summed E-state index contributed by atoms with van der Waals surface area (Å²) >= 11 is 1.18. The van der Waals surface area contributed by atoms with Gasteiger partial charge in [0.25, 0.3) is 15.9 Å². The minimum absolute atomic E-state index is 0.106. The molecule has 1 aromatic heterocycles. The van der Waals surface area contributed by atoms with Crippen LogP contribution in [0.4, 0.5) is 5.69 Å². The van der Waals surface area contributed by atoms with E-state index >= 15 is 0 Å². The molecule has 0 fully saturated rings. The number of sulfonamides is 1. The smallest absolute Gasteiger partial charge is 0.258 e. The third-order valence-corrected chi connectivity index (χ3v) is 10.3. The molecule has 218 valence electrons. The highest BCUT2D eigenvalue weighted by Crippen LogP contribution is 2.29. The van der Waals surface area contributed by atoms with Crippen LogP contribution in [0.1, 0.15) is 50.4 Å². The number of aliphatic hydroxyl groups is 1. The van der Waals surface area contributed by atoms with Gasteiger partial charge in [-0.3, -0.25) is 4.79 Å². The van der Waals surface area contributed by atoms with Crippen LogP contribution in [0.25, 0.3) is 0 Å². The van der Waals surface area contributed by atoms with Crippen molar-refractivity contribution < 1.29 is 27.8 Å². The summed E-state index contributed by atoms with van der Waals surface area (Å²) in [5.74, 6) is 0.0596. The molecule has 9 nitrogen and oxygen atoms in total. The Hall–Kier alpha value is -2.18. The van der Waals surface area contributed by atoms with Crippen molar-refractivity contribution in [2.45, 2.75) is 62.5 Å². The Morgan fingerprint density at radius 3 is 2.56 bits per heavy atom. The van der Waals surface area contributed by atoms with Crippen LogP contribution in [0, 0.1) is 5.92 Å². The van der Waals surface area contributed by atoms with Crippen molar-refractivity contribution in [1.29, 1.82) is 0 Å². The van der Waals surface area contributed by atoms with Crippen molar-refractivity contribution in [2.75, 3.05) is 52.3 Å². The van der Waals surface area contributed by atoms with Crippen LogP contribution in [0.15, 0.2) is 39.9 Å². The predicted octanol–water partition coefficient (Wildman–Crippen LogP) is 3.93. The second-order valence-corrected chi connectivity index (χ2v) is 13.8. The van der Waals surface area contributed by atoms with Gasteiger partial charge < -0.3 is 24.4 Å². The van der Waals surface area contributed by atoms with E-state index in [4.69, 9.17) is 9.47 Å². The molecule has 2 heterocycles. The van der Waals surface area contributed by atoms with E-state index in [1.807, 2.05) is 51.0 Å². The summed E-state index contributed by atoms with van der Waals surface area (Å²) < 4.78 is 40.4. The van der Waals surface area contributed by atoms with Crippen LogP contribution in [0.3, 0.4) is 0 Å². The number of likely N-dealkylation sites (N-methyl/N-ethyl adjacent to an activating group) is 1. The molecule has 0 saturated carbocycles. The number of hydrogen-bond donors (Lipinski definition) is 1. The Kier molecular flexibility index (Phi) is 11.2. The first kappa shape index (κ1) is 31.3. The molecule has 39 heavy (non-hydrogen) atoms. The molecule has 1 aliphatic rings. The van der Waals surface area contributed by atoms with E-state index in [1.54, 1.807) is 36.4 Å². The molecule has 0 spiro atoms. The predicted molar refractivity (Wildman–Crippen MR) is 155 cm³/mol. The van der Waals surface area contributed by atoms with Gasteiger partial charge in [-0.2, -0.15) is 4.31 Å². The highest BCUT2D eigenvalue weighted by molar-refractivity contribution is 7.91. The van der Waals surface area contributed by atoms with Crippen LogP contribution in [0.2, 0.25) is 0 Å². The van der Waals surface area contributed by atoms with Crippen molar-refractivity contribution in [3.05, 3.63) is 41.3 Å². The van der Waals surface area contributed by atoms with Gasteiger partial charge in [-0.05, 0) is 62.8 Å². The summed E-state index contributed by atoms with van der Waals surface area (Å²) in [4.78, 5) is 17.6. The highest BCUT2D eigenvalue weighted by atomic mass is 32.2. The third-order valence-electron chi connectivity index (χ3n) is 7.15. The molecule has 0 aliphatic carbocycles. The molecule has 1 aliphatic heterocycles. The lowest BCUT2D eigenvalue weighted by Gasteiger charge is -2.35. The first-order valence-corrected chi connectivity index (χ1v) is 15.8. The zero-order chi connectivity index (χ0) is 28.7. The molecule has 2 aromatic rings. The van der Waals surface area contributed by atoms with Crippen LogP contribution in [-0.4, -0.2) is 94.3 Å². The van der Waals surface area contributed by atoms with Gasteiger partial charge in [0.05, 0.1) is 30.4 Å². The average molecular weight is 582 g/mol. The van der Waals surface area contributed by atoms with E-state index in [2.05, 4.69) is 0 Å². The number of amides is 1. The largest absolute Gasteiger partial charge is 0.490 e. The fourth-order valence-corrected chi connectivity index (χ4v) is 6.95. The molecule has 4 atom stereocenters. The SMILES string of the molecule is C[C@@H]1CN([C@@H](C)CO)C(=O)c2cc(N(C)C)ccc2O[C@@H](C)CCCCO[C@@H]1CN(C)S(=O)(=O)c1cccs1. The Balaban J connectivity index is 1.96. The van der Waals surface area contributed by atoms with Gasteiger partial charge in [0.15, 0.2) is 0 Å². The van der Waals surface area contributed by atoms with E-state index in [1.165, 1.54) is 15.6 Å². The monoisotopic (exact) mass is 581 g/mol. The molecule has 0 unspecified atom stereocenters. The number of benzene rings is 1. The van der Waals surface area contributed by atoms with E-state index in [-0.39, 0.29) is 41.8 Å². The number of carbonyl (C=O) groups is 1. The lowest BCUT2D eigenvalue weighted by atomic mass is 10.0. The molecule has 11 heteroatoms. The molecule has 0 bridgehead atoms. The van der Waals surface area contributed by atoms with Crippen LogP contribution >= 0.6 is 11.3 Å². The van der Waals surface area contributed by atoms with Gasteiger partial charge in [-0.15, -0.1) is 11.3 Å². The van der Waals surface area contributed by atoms with Crippen LogP contribution in [0.5, 0.6) is 5.75 Å². The lowest BCUT2D eigenvalue weighted by molar-refractivity contribution is -0.00832. The maximum absolute atomic E-state index is 14.0. The van der Waals surface area contributed by atoms with Crippen molar-refractivity contribution in [3.8, 4) is 5.75 Å². The Morgan fingerprint density at radius 1 is 1.18 bits per heavy atom. The fourth-order valence-electron chi connectivity index (χ4n) is 4.57. The summed E-state index contributed by atoms with van der Waals surface area (Å²) in [5.41, 5.74) is 1.30. The zero-order valence-electron chi connectivity index (χ0n) is 23.9. The van der Waals surface area contributed by atoms with Crippen molar-refractivity contribution in [2.24, 2.45) is 5.92 Å². The van der Waals surface area contributed by atoms with Gasteiger partial charge in [-0.1, -0.05) is 13.0 Å². The molecular weight excluding hydrogens is 538 g/mol. The Morgan fingerprint density at radius 2 is 1.92 bits per heavy atom. The first-order valence-electron chi connectivity index (χ1n) is 13.5. The summed E-state index contributed by atoms with van der Waals surface area (Å²) in [6.07, 6.45) is 1.91. The molecule has 1 aromatic carbocycles. The maximum atomic E-state index is 14.0. The lowest BCUT2D eigenvalue weighted by Crippen LogP contribution is -2.48. The van der Waals surface area contributed by atoms with Crippen LogP contribution in [-0.2, 0) is 14.8 Å². The summed E-state index contributed by atoms with van der Waals surface area (Å²) in [6.45, 7) is 6.44. The Labute approximate surface area is 237 Å². The number of carbonyl (C=O) groups excluding carboxylic acids is 1. The quantitative estimate of drug-likeness (QED) is 0.529. The Bertz CT molecular complexity index is 1170. The molecular formula is C28H43N3O6S2. The minimum atomic E-state index is -3.65. The minimum Gasteiger partial charge on any atom is -0.490 e. The van der Waals surface area contributed by atoms with Crippen molar-refractivity contribution in [3.63, 3.8) is 0 Å². The normalized spacial score (nSPS) is 22.6. The number of nitrogens with zero attached hydrogens (tertiary/aromatic N) is 3. The van der Waals surface area contributed by atoms with Crippen molar-refractivity contribution in [1.82, 2.24) is 9.21 Å². The average Bonchev–Trinajstić information content (AvgIpc) is 3.45. The second-order valence-electron chi connectivity index (χ2n) is 10.6. The summed E-state index contributed by atoms with van der Waals surface area (Å²) in [7, 11) is 1.74. The number of aliphatic hydroxyl groups excluding tert-OH is 1. The third kappa shape index (κ3) is 7.94. The van der Waals surface area contributed by atoms with E-state index in [0.717, 1.165) is 24.9 Å². The van der Waals surface area contributed by atoms with Gasteiger partial charge in [0.2, 0.25) is 0 Å². The number of ether oxygens (including phenoxy) is 2. The molecule has 3 rings (SSSR count). The number of thiophene rings is 1. The van der Waals surface area contributed by atoms with E-state index in [0.29, 0.717) is 17.9 Å². The topological polar surface area (TPSA) is 99.6 Å². The maximum Gasteiger partial charge on any atom is 0.258 e. The summed E-state index contributed by atoms with van der Waals surface area (Å²) in [5, 5.41) is 11.8. The van der Waals surface area contributed by atoms with Gasteiger partial charge in [0, 0.05) is 52.4 Å². The highest BCUT2D eigenvalue weighted by Gasteiger charge is 2.32. The standard InChI is InChI=1S/C28H43N3O6S2/c1-20-17-31(21(2)19-32)28(33)24-16-23(29(4)5)12-13-25(24)37-22(3)10-7-8-14-36-26(20)18-30(6)39(34,35)27-11-9-15-38-27/h9,11-13,15-16,20-22,26,32H,7-8,10,14,17-19H2,1-6H3/t20-,21+,22+,26-/m1/s1. The van der Waals surface area contributed by atoms with Gasteiger partial charge in [0.1, 0.15) is 9.96 Å². The number of fused-ring (bicyclic) bond motifs is 1. The molecule has 1 amide bonds. The molecule has 1 N–H and O–H groups in total. The first-order chi connectivity index (χ1) is 18.4. The molecule has 0 radical (unpaired) electrons. The van der Waals surface area contributed by atoms with Crippen molar-refractivity contribution >= 4 is 33.0 Å². The molecule has 0 saturated heterocycles. The fraction of sp³-hybridized carbons (Fsp3) is 0.607.